The summed E-state index contributed by atoms with van der Waals surface area (Å²) >= 11 is 12.1. The maximum atomic E-state index is 11.1. The summed E-state index contributed by atoms with van der Waals surface area (Å²) in [5.74, 6) is -1.13. The third kappa shape index (κ3) is 2.11. The molecular formula is C13H7Cl2N3O2. The van der Waals surface area contributed by atoms with Crippen LogP contribution in [0, 0.1) is 0 Å². The van der Waals surface area contributed by atoms with Gasteiger partial charge in [-0.25, -0.2) is 14.8 Å². The second-order valence-corrected chi connectivity index (χ2v) is 4.91. The van der Waals surface area contributed by atoms with Crippen molar-refractivity contribution in [3.05, 3.63) is 52.5 Å². The van der Waals surface area contributed by atoms with Crippen molar-refractivity contribution in [1.29, 1.82) is 0 Å². The molecule has 20 heavy (non-hydrogen) atoms. The molecule has 0 unspecified atom stereocenters. The van der Waals surface area contributed by atoms with E-state index in [1.54, 1.807) is 35.0 Å². The van der Waals surface area contributed by atoms with Crippen LogP contribution in [0.25, 0.3) is 16.9 Å². The first kappa shape index (κ1) is 12.9. The Kier molecular flexibility index (Phi) is 3.08. The second kappa shape index (κ2) is 4.77. The summed E-state index contributed by atoms with van der Waals surface area (Å²) in [6.45, 7) is 0. The minimum atomic E-state index is -1.13. The molecule has 1 aromatic carbocycles. The molecular weight excluding hydrogens is 301 g/mol. The summed E-state index contributed by atoms with van der Waals surface area (Å²) in [5, 5.41) is 10.1. The monoisotopic (exact) mass is 307 g/mol. The molecule has 0 atom stereocenters. The minimum absolute atomic E-state index is 0.114. The van der Waals surface area contributed by atoms with Gasteiger partial charge in [0.1, 0.15) is 0 Å². The third-order valence-corrected chi connectivity index (χ3v) is 3.35. The standard InChI is InChI=1S/C13H7Cl2N3O2/c14-7-1-2-9(15)8(5-7)10-6-18-4-3-16-11(13(19)20)12(18)17-10/h1-6H,(H,19,20). The zero-order valence-corrected chi connectivity index (χ0v) is 11.4. The van der Waals surface area contributed by atoms with Crippen LogP contribution >= 0.6 is 23.2 Å². The highest BCUT2D eigenvalue weighted by atomic mass is 35.5. The maximum Gasteiger partial charge on any atom is 0.358 e. The van der Waals surface area contributed by atoms with Crippen molar-refractivity contribution in [3.63, 3.8) is 0 Å². The number of fused-ring (bicyclic) bond motifs is 1. The Labute approximate surface area is 123 Å². The molecule has 0 radical (unpaired) electrons. The molecule has 3 rings (SSSR count). The zero-order valence-electron chi connectivity index (χ0n) is 9.92. The molecule has 0 fully saturated rings. The number of imidazole rings is 1. The van der Waals surface area contributed by atoms with Crippen LogP contribution in [0.15, 0.2) is 36.8 Å². The van der Waals surface area contributed by atoms with E-state index in [1.165, 1.54) is 6.20 Å². The van der Waals surface area contributed by atoms with E-state index in [1.807, 2.05) is 0 Å². The molecule has 0 aliphatic carbocycles. The molecule has 7 heteroatoms. The Morgan fingerprint density at radius 1 is 1.30 bits per heavy atom. The highest BCUT2D eigenvalue weighted by Gasteiger charge is 2.15. The summed E-state index contributed by atoms with van der Waals surface area (Å²) in [6, 6.07) is 5.02. The van der Waals surface area contributed by atoms with Crippen LogP contribution in [-0.2, 0) is 0 Å². The summed E-state index contributed by atoms with van der Waals surface area (Å²) in [7, 11) is 0. The number of rotatable bonds is 2. The topological polar surface area (TPSA) is 67.5 Å². The first-order chi connectivity index (χ1) is 9.56. The number of carbonyl (C=O) groups is 1. The predicted octanol–water partition coefficient (Wildman–Crippen LogP) is 3.40. The van der Waals surface area contributed by atoms with E-state index in [2.05, 4.69) is 9.97 Å². The van der Waals surface area contributed by atoms with Gasteiger partial charge in [-0.1, -0.05) is 23.2 Å². The number of benzene rings is 1. The number of aromatic nitrogens is 3. The van der Waals surface area contributed by atoms with Crippen LogP contribution in [0.5, 0.6) is 0 Å². The Bertz CT molecular complexity index is 830. The van der Waals surface area contributed by atoms with E-state index >= 15 is 0 Å². The fraction of sp³-hybridized carbons (Fsp3) is 0. The highest BCUT2D eigenvalue weighted by Crippen LogP contribution is 2.30. The van der Waals surface area contributed by atoms with Crippen LogP contribution in [-0.4, -0.2) is 25.4 Å². The third-order valence-electron chi connectivity index (χ3n) is 2.78. The molecule has 0 aliphatic rings. The van der Waals surface area contributed by atoms with Crippen molar-refractivity contribution in [1.82, 2.24) is 14.4 Å². The maximum absolute atomic E-state index is 11.1. The van der Waals surface area contributed by atoms with Crippen molar-refractivity contribution in [2.24, 2.45) is 0 Å². The molecule has 2 aromatic heterocycles. The first-order valence-corrected chi connectivity index (χ1v) is 6.34. The van der Waals surface area contributed by atoms with Crippen molar-refractivity contribution in [2.75, 3.05) is 0 Å². The van der Waals surface area contributed by atoms with Gasteiger partial charge < -0.3 is 9.51 Å². The number of hydrogen-bond acceptors (Lipinski definition) is 3. The van der Waals surface area contributed by atoms with E-state index in [0.717, 1.165) is 0 Å². The Balaban J connectivity index is 2.26. The fourth-order valence-corrected chi connectivity index (χ4v) is 2.28. The number of aromatic carboxylic acids is 1. The van der Waals surface area contributed by atoms with Crippen molar-refractivity contribution >= 4 is 34.8 Å². The molecule has 0 amide bonds. The number of halogens is 2. The van der Waals surface area contributed by atoms with Gasteiger partial charge in [-0.2, -0.15) is 0 Å². The van der Waals surface area contributed by atoms with E-state index in [9.17, 15) is 4.79 Å². The lowest BCUT2D eigenvalue weighted by molar-refractivity contribution is 0.0692. The summed E-state index contributed by atoms with van der Waals surface area (Å²) in [4.78, 5) is 19.2. The van der Waals surface area contributed by atoms with Crippen LogP contribution in [0.4, 0.5) is 0 Å². The largest absolute Gasteiger partial charge is 0.476 e. The quantitative estimate of drug-likeness (QED) is 0.788. The molecule has 0 aliphatic heterocycles. The average molecular weight is 308 g/mol. The number of carboxylic acid groups (broad SMARTS) is 1. The Morgan fingerprint density at radius 3 is 2.85 bits per heavy atom. The van der Waals surface area contributed by atoms with Gasteiger partial charge in [-0.3, -0.25) is 0 Å². The average Bonchev–Trinajstić information content (AvgIpc) is 2.84. The van der Waals surface area contributed by atoms with Gasteiger partial charge in [0.25, 0.3) is 0 Å². The van der Waals surface area contributed by atoms with Gasteiger partial charge in [0.05, 0.1) is 10.7 Å². The zero-order chi connectivity index (χ0) is 14.3. The lowest BCUT2D eigenvalue weighted by atomic mass is 10.2. The van der Waals surface area contributed by atoms with Crippen LogP contribution in [0.3, 0.4) is 0 Å². The van der Waals surface area contributed by atoms with E-state index < -0.39 is 5.97 Å². The van der Waals surface area contributed by atoms with Gasteiger partial charge in [0, 0.05) is 29.2 Å². The van der Waals surface area contributed by atoms with Gasteiger partial charge in [0.2, 0.25) is 0 Å². The molecule has 0 bridgehead atoms. The van der Waals surface area contributed by atoms with E-state index in [4.69, 9.17) is 28.3 Å². The summed E-state index contributed by atoms with van der Waals surface area (Å²) in [5.41, 5.74) is 1.31. The van der Waals surface area contributed by atoms with Crippen LogP contribution in [0.1, 0.15) is 10.5 Å². The van der Waals surface area contributed by atoms with E-state index in [0.29, 0.717) is 21.3 Å². The van der Waals surface area contributed by atoms with Gasteiger partial charge in [-0.05, 0) is 18.2 Å². The van der Waals surface area contributed by atoms with Gasteiger partial charge in [0.15, 0.2) is 11.3 Å². The molecule has 0 saturated carbocycles. The van der Waals surface area contributed by atoms with Crippen LogP contribution in [0.2, 0.25) is 10.0 Å². The second-order valence-electron chi connectivity index (χ2n) is 4.06. The number of carboxylic acids is 1. The predicted molar refractivity (Wildman–Crippen MR) is 75.4 cm³/mol. The normalized spacial score (nSPS) is 10.9. The first-order valence-electron chi connectivity index (χ1n) is 5.58. The minimum Gasteiger partial charge on any atom is -0.476 e. The van der Waals surface area contributed by atoms with Crippen molar-refractivity contribution in [2.45, 2.75) is 0 Å². The molecule has 2 heterocycles. The Hall–Kier alpha value is -2.11. The van der Waals surface area contributed by atoms with Gasteiger partial charge >= 0.3 is 5.97 Å². The number of hydrogen-bond donors (Lipinski definition) is 1. The smallest absolute Gasteiger partial charge is 0.358 e. The molecule has 0 spiro atoms. The Morgan fingerprint density at radius 2 is 2.10 bits per heavy atom. The van der Waals surface area contributed by atoms with Crippen LogP contribution < -0.4 is 0 Å². The fourth-order valence-electron chi connectivity index (χ4n) is 1.89. The highest BCUT2D eigenvalue weighted by molar-refractivity contribution is 6.35. The lowest BCUT2D eigenvalue weighted by Crippen LogP contribution is -2.03. The summed E-state index contributed by atoms with van der Waals surface area (Å²) in [6.07, 6.45) is 4.71. The van der Waals surface area contributed by atoms with Gasteiger partial charge in [-0.15, -0.1) is 0 Å². The summed E-state index contributed by atoms with van der Waals surface area (Å²) < 4.78 is 1.59. The van der Waals surface area contributed by atoms with Crippen molar-refractivity contribution in [3.8, 4) is 11.3 Å². The van der Waals surface area contributed by atoms with E-state index in [-0.39, 0.29) is 11.3 Å². The van der Waals surface area contributed by atoms with Crippen molar-refractivity contribution < 1.29 is 9.90 Å². The SMILES string of the molecule is O=C(O)c1nccn2cc(-c3cc(Cl)ccc3Cl)nc12. The molecule has 1 N–H and O–H groups in total. The molecule has 5 nitrogen and oxygen atoms in total. The molecule has 100 valence electrons. The number of nitrogens with zero attached hydrogens (tertiary/aromatic N) is 3. The molecule has 3 aromatic rings. The lowest BCUT2D eigenvalue weighted by Gasteiger charge is -2.00. The molecule has 0 saturated heterocycles.